The van der Waals surface area contributed by atoms with Gasteiger partial charge in [-0.2, -0.15) is 0 Å². The van der Waals surface area contributed by atoms with Crippen LogP contribution in [0.2, 0.25) is 0 Å². The first-order chi connectivity index (χ1) is 8.16. The van der Waals surface area contributed by atoms with Gasteiger partial charge in [0.25, 0.3) is 0 Å². The summed E-state index contributed by atoms with van der Waals surface area (Å²) >= 11 is 2.09. The van der Waals surface area contributed by atoms with Crippen LogP contribution in [0.5, 0.6) is 0 Å². The van der Waals surface area contributed by atoms with Crippen LogP contribution in [0.25, 0.3) is 0 Å². The summed E-state index contributed by atoms with van der Waals surface area (Å²) in [5.41, 5.74) is 1.42. The Morgan fingerprint density at radius 3 is 2.82 bits per heavy atom. The van der Waals surface area contributed by atoms with Crippen LogP contribution < -0.4 is 0 Å². The van der Waals surface area contributed by atoms with Gasteiger partial charge in [0.2, 0.25) is 0 Å². The second-order valence-electron chi connectivity index (χ2n) is 5.30. The summed E-state index contributed by atoms with van der Waals surface area (Å²) < 4.78 is 0. The zero-order valence-corrected chi connectivity index (χ0v) is 12.0. The van der Waals surface area contributed by atoms with Crippen molar-refractivity contribution in [2.75, 3.05) is 20.1 Å². The molecule has 94 valence electrons. The Hall–Kier alpha value is -0.470. The summed E-state index contributed by atoms with van der Waals surface area (Å²) in [5, 5.41) is 0.779. The van der Waals surface area contributed by atoms with E-state index in [1.165, 1.54) is 36.4 Å². The molecule has 0 aromatic heterocycles. The summed E-state index contributed by atoms with van der Waals surface area (Å²) in [5.74, 6) is 0.784. The Morgan fingerprint density at radius 1 is 1.29 bits per heavy atom. The van der Waals surface area contributed by atoms with Crippen LogP contribution in [0.3, 0.4) is 0 Å². The standard InChI is InChI=1S/C15H23NS/c1-12-7-4-5-8-14(12)17-15-9-6-10-16(3)11-13(15)2/h4-5,7-8,13,15H,6,9-11H2,1-3H3. The third-order valence-corrected chi connectivity index (χ3v) is 5.35. The van der Waals surface area contributed by atoms with Crippen LogP contribution in [-0.4, -0.2) is 30.3 Å². The predicted molar refractivity (Wildman–Crippen MR) is 76.7 cm³/mol. The van der Waals surface area contributed by atoms with Gasteiger partial charge in [-0.1, -0.05) is 25.1 Å². The molecule has 1 saturated heterocycles. The maximum Gasteiger partial charge on any atom is 0.0133 e. The molecule has 0 spiro atoms. The average molecular weight is 249 g/mol. The molecule has 0 amide bonds. The molecule has 2 unspecified atom stereocenters. The average Bonchev–Trinajstić information content (AvgIpc) is 2.44. The Morgan fingerprint density at radius 2 is 2.06 bits per heavy atom. The van der Waals surface area contributed by atoms with Gasteiger partial charge in [0.15, 0.2) is 0 Å². The molecular weight excluding hydrogens is 226 g/mol. The molecule has 1 aliphatic rings. The van der Waals surface area contributed by atoms with Gasteiger partial charge in [-0.3, -0.25) is 0 Å². The Bertz CT molecular complexity index is 364. The van der Waals surface area contributed by atoms with E-state index < -0.39 is 0 Å². The molecule has 17 heavy (non-hydrogen) atoms. The van der Waals surface area contributed by atoms with E-state index in [0.29, 0.717) is 0 Å². The topological polar surface area (TPSA) is 3.24 Å². The summed E-state index contributed by atoms with van der Waals surface area (Å²) in [7, 11) is 2.25. The number of benzene rings is 1. The van der Waals surface area contributed by atoms with Crippen LogP contribution in [0.1, 0.15) is 25.3 Å². The molecule has 1 aromatic rings. The lowest BCUT2D eigenvalue weighted by Crippen LogP contribution is -2.26. The third kappa shape index (κ3) is 3.49. The van der Waals surface area contributed by atoms with E-state index in [2.05, 4.69) is 61.8 Å². The van der Waals surface area contributed by atoms with Gasteiger partial charge < -0.3 is 4.90 Å². The van der Waals surface area contributed by atoms with E-state index in [9.17, 15) is 0 Å². The van der Waals surface area contributed by atoms with Crippen molar-refractivity contribution in [1.29, 1.82) is 0 Å². The SMILES string of the molecule is Cc1ccccc1SC1CCCN(C)CC1C. The Kier molecular flexibility index (Phi) is 4.52. The number of likely N-dealkylation sites (tertiary alicyclic amines) is 1. The first-order valence-corrected chi connectivity index (χ1v) is 7.45. The van der Waals surface area contributed by atoms with E-state index in [1.807, 2.05) is 0 Å². The van der Waals surface area contributed by atoms with Crippen molar-refractivity contribution in [3.8, 4) is 0 Å². The lowest BCUT2D eigenvalue weighted by molar-refractivity contribution is 0.312. The van der Waals surface area contributed by atoms with E-state index >= 15 is 0 Å². The molecule has 1 fully saturated rings. The quantitative estimate of drug-likeness (QED) is 0.784. The van der Waals surface area contributed by atoms with E-state index in [-0.39, 0.29) is 0 Å². The lowest BCUT2D eigenvalue weighted by atomic mass is 10.1. The van der Waals surface area contributed by atoms with E-state index in [0.717, 1.165) is 11.2 Å². The molecule has 2 heteroatoms. The van der Waals surface area contributed by atoms with Crippen LogP contribution in [0.15, 0.2) is 29.2 Å². The molecule has 2 atom stereocenters. The van der Waals surface area contributed by atoms with Crippen LogP contribution in [0.4, 0.5) is 0 Å². The zero-order valence-electron chi connectivity index (χ0n) is 11.1. The van der Waals surface area contributed by atoms with E-state index in [1.54, 1.807) is 0 Å². The molecule has 0 saturated carbocycles. The molecule has 2 rings (SSSR count). The minimum absolute atomic E-state index is 0.779. The number of nitrogens with zero attached hydrogens (tertiary/aromatic N) is 1. The van der Waals surface area contributed by atoms with Crippen LogP contribution in [-0.2, 0) is 0 Å². The first kappa shape index (κ1) is 13.0. The fourth-order valence-electron chi connectivity index (χ4n) is 2.57. The highest BCUT2D eigenvalue weighted by Crippen LogP contribution is 2.34. The maximum absolute atomic E-state index is 2.48. The fourth-order valence-corrected chi connectivity index (χ4v) is 3.91. The summed E-state index contributed by atoms with van der Waals surface area (Å²) in [4.78, 5) is 3.94. The Labute approximate surface area is 110 Å². The number of aryl methyl sites for hydroxylation is 1. The smallest absolute Gasteiger partial charge is 0.0133 e. The minimum atomic E-state index is 0.779. The lowest BCUT2D eigenvalue weighted by Gasteiger charge is -2.23. The van der Waals surface area contributed by atoms with Crippen molar-refractivity contribution in [2.45, 2.75) is 36.8 Å². The van der Waals surface area contributed by atoms with Gasteiger partial charge in [-0.05, 0) is 50.9 Å². The molecule has 1 nitrogen and oxygen atoms in total. The highest BCUT2D eigenvalue weighted by Gasteiger charge is 2.23. The van der Waals surface area contributed by atoms with Gasteiger partial charge in [0.05, 0.1) is 0 Å². The minimum Gasteiger partial charge on any atom is -0.306 e. The Balaban J connectivity index is 2.05. The van der Waals surface area contributed by atoms with Gasteiger partial charge in [0, 0.05) is 16.7 Å². The van der Waals surface area contributed by atoms with E-state index in [4.69, 9.17) is 0 Å². The number of hydrogen-bond donors (Lipinski definition) is 0. The number of hydrogen-bond acceptors (Lipinski definition) is 2. The molecule has 1 aliphatic heterocycles. The van der Waals surface area contributed by atoms with Crippen molar-refractivity contribution in [1.82, 2.24) is 4.90 Å². The molecule has 0 aliphatic carbocycles. The largest absolute Gasteiger partial charge is 0.306 e. The van der Waals surface area contributed by atoms with Gasteiger partial charge in [-0.15, -0.1) is 11.8 Å². The summed E-state index contributed by atoms with van der Waals surface area (Å²) in [6, 6.07) is 8.77. The molecular formula is C15H23NS. The van der Waals surface area contributed by atoms with Crippen molar-refractivity contribution in [3.63, 3.8) is 0 Å². The normalized spacial score (nSPS) is 26.8. The zero-order chi connectivity index (χ0) is 12.3. The second-order valence-corrected chi connectivity index (χ2v) is 6.58. The number of thioether (sulfide) groups is 1. The van der Waals surface area contributed by atoms with Crippen LogP contribution in [0, 0.1) is 12.8 Å². The first-order valence-electron chi connectivity index (χ1n) is 6.57. The van der Waals surface area contributed by atoms with Gasteiger partial charge in [-0.25, -0.2) is 0 Å². The molecule has 0 radical (unpaired) electrons. The number of rotatable bonds is 2. The summed E-state index contributed by atoms with van der Waals surface area (Å²) in [6.45, 7) is 7.12. The monoisotopic (exact) mass is 249 g/mol. The van der Waals surface area contributed by atoms with Gasteiger partial charge >= 0.3 is 0 Å². The maximum atomic E-state index is 2.48. The van der Waals surface area contributed by atoms with Gasteiger partial charge in [0.1, 0.15) is 0 Å². The second kappa shape index (κ2) is 5.92. The van der Waals surface area contributed by atoms with Crippen LogP contribution >= 0.6 is 11.8 Å². The third-order valence-electron chi connectivity index (χ3n) is 3.63. The molecule has 0 bridgehead atoms. The summed E-state index contributed by atoms with van der Waals surface area (Å²) in [6.07, 6.45) is 2.69. The molecule has 1 heterocycles. The van der Waals surface area contributed by atoms with Crippen molar-refractivity contribution < 1.29 is 0 Å². The fraction of sp³-hybridized carbons (Fsp3) is 0.600. The predicted octanol–water partition coefficient (Wildman–Crippen LogP) is 3.82. The molecule has 0 N–H and O–H groups in total. The van der Waals surface area contributed by atoms with Crippen molar-refractivity contribution in [2.24, 2.45) is 5.92 Å². The highest BCUT2D eigenvalue weighted by atomic mass is 32.2. The molecule has 1 aromatic carbocycles. The van der Waals surface area contributed by atoms with Crippen molar-refractivity contribution >= 4 is 11.8 Å². The van der Waals surface area contributed by atoms with Crippen molar-refractivity contribution in [3.05, 3.63) is 29.8 Å². The highest BCUT2D eigenvalue weighted by molar-refractivity contribution is 8.00.